The van der Waals surface area contributed by atoms with Crippen molar-refractivity contribution in [3.8, 4) is 17.2 Å². The molecule has 2 aliphatic heterocycles. The van der Waals surface area contributed by atoms with Gasteiger partial charge in [0.05, 0.1) is 19.6 Å². The van der Waals surface area contributed by atoms with Crippen LogP contribution in [0.15, 0.2) is 40.9 Å². The molecular formula is C21H22BrNO3. The van der Waals surface area contributed by atoms with Crippen molar-refractivity contribution >= 4 is 27.7 Å². The number of benzene rings is 2. The van der Waals surface area contributed by atoms with E-state index in [-0.39, 0.29) is 5.41 Å². The van der Waals surface area contributed by atoms with E-state index in [9.17, 15) is 0 Å². The predicted octanol–water partition coefficient (Wildman–Crippen LogP) is 5.00. The number of likely N-dealkylation sites (N-methyl/N-ethyl adjacent to an activating group) is 1. The van der Waals surface area contributed by atoms with E-state index in [1.807, 2.05) is 18.2 Å². The van der Waals surface area contributed by atoms with E-state index in [1.165, 1.54) is 5.56 Å². The summed E-state index contributed by atoms with van der Waals surface area (Å²) in [7, 11) is 5.43. The molecule has 0 N–H and O–H groups in total. The SMILES string of the molecule is COc1ccc2c(c1)C(C)(C)C1(C=Cc3cc(Br)cc(OC)c3O1)N2C. The van der Waals surface area contributed by atoms with Gasteiger partial charge in [0.15, 0.2) is 11.5 Å². The van der Waals surface area contributed by atoms with Crippen LogP contribution >= 0.6 is 15.9 Å². The van der Waals surface area contributed by atoms with E-state index in [0.717, 1.165) is 33.0 Å². The molecule has 0 radical (unpaired) electrons. The summed E-state index contributed by atoms with van der Waals surface area (Å²) in [5.74, 6) is 2.33. The van der Waals surface area contributed by atoms with Gasteiger partial charge < -0.3 is 19.1 Å². The van der Waals surface area contributed by atoms with Crippen molar-refractivity contribution in [3.63, 3.8) is 0 Å². The van der Waals surface area contributed by atoms with Crippen molar-refractivity contribution < 1.29 is 14.2 Å². The molecule has 4 nitrogen and oxygen atoms in total. The van der Waals surface area contributed by atoms with Crippen LogP contribution in [0.5, 0.6) is 17.2 Å². The lowest BCUT2D eigenvalue weighted by Gasteiger charge is -2.46. The van der Waals surface area contributed by atoms with E-state index in [2.05, 4.69) is 66.0 Å². The smallest absolute Gasteiger partial charge is 0.212 e. The maximum atomic E-state index is 6.69. The second kappa shape index (κ2) is 5.68. The molecule has 26 heavy (non-hydrogen) atoms. The molecule has 0 amide bonds. The van der Waals surface area contributed by atoms with E-state index in [1.54, 1.807) is 14.2 Å². The van der Waals surface area contributed by atoms with Crippen molar-refractivity contribution in [1.29, 1.82) is 0 Å². The minimum atomic E-state index is -0.643. The maximum Gasteiger partial charge on any atom is 0.212 e. The van der Waals surface area contributed by atoms with E-state index in [0.29, 0.717) is 0 Å². The van der Waals surface area contributed by atoms with Crippen LogP contribution in [0.25, 0.3) is 6.08 Å². The van der Waals surface area contributed by atoms with E-state index < -0.39 is 5.72 Å². The molecule has 0 saturated heterocycles. The second-order valence-corrected chi connectivity index (χ2v) is 8.14. The third kappa shape index (κ3) is 2.13. The summed E-state index contributed by atoms with van der Waals surface area (Å²) in [4.78, 5) is 2.20. The molecule has 0 aromatic heterocycles. The Kier molecular flexibility index (Phi) is 3.77. The van der Waals surface area contributed by atoms with Gasteiger partial charge in [0.1, 0.15) is 5.75 Å². The zero-order valence-electron chi connectivity index (χ0n) is 15.6. The van der Waals surface area contributed by atoms with Gasteiger partial charge in [-0.2, -0.15) is 0 Å². The van der Waals surface area contributed by atoms with Crippen LogP contribution in [0.1, 0.15) is 25.0 Å². The van der Waals surface area contributed by atoms with Crippen molar-refractivity contribution in [3.05, 3.63) is 52.0 Å². The molecule has 0 bridgehead atoms. The van der Waals surface area contributed by atoms with E-state index >= 15 is 0 Å². The summed E-state index contributed by atoms with van der Waals surface area (Å²) < 4.78 is 18.7. The summed E-state index contributed by atoms with van der Waals surface area (Å²) in [5, 5.41) is 0. The first-order valence-corrected chi connectivity index (χ1v) is 9.31. The van der Waals surface area contributed by atoms with Gasteiger partial charge in [-0.3, -0.25) is 0 Å². The number of nitrogens with zero attached hydrogens (tertiary/aromatic N) is 1. The van der Waals surface area contributed by atoms with Gasteiger partial charge in [-0.05, 0) is 61.9 Å². The van der Waals surface area contributed by atoms with Crippen LogP contribution in [0.2, 0.25) is 0 Å². The molecule has 0 fully saturated rings. The first kappa shape index (κ1) is 17.3. The highest BCUT2D eigenvalue weighted by Crippen LogP contribution is 2.56. The number of hydrogen-bond acceptors (Lipinski definition) is 4. The first-order valence-electron chi connectivity index (χ1n) is 8.52. The van der Waals surface area contributed by atoms with E-state index in [4.69, 9.17) is 14.2 Å². The molecule has 2 aromatic rings. The molecule has 1 spiro atoms. The molecule has 1 unspecified atom stereocenters. The molecular weight excluding hydrogens is 394 g/mol. The average Bonchev–Trinajstić information content (AvgIpc) is 2.79. The van der Waals surface area contributed by atoms with Crippen molar-refractivity contribution in [2.75, 3.05) is 26.2 Å². The van der Waals surface area contributed by atoms with Crippen molar-refractivity contribution in [2.24, 2.45) is 0 Å². The molecule has 4 rings (SSSR count). The van der Waals surface area contributed by atoms with Gasteiger partial charge in [-0.25, -0.2) is 0 Å². The van der Waals surface area contributed by atoms with Crippen molar-refractivity contribution in [1.82, 2.24) is 0 Å². The van der Waals surface area contributed by atoms with Crippen molar-refractivity contribution in [2.45, 2.75) is 25.0 Å². The molecule has 2 heterocycles. The Morgan fingerprint density at radius 2 is 1.85 bits per heavy atom. The summed E-state index contributed by atoms with van der Waals surface area (Å²) in [6.45, 7) is 4.41. The van der Waals surface area contributed by atoms with Gasteiger partial charge in [-0.1, -0.05) is 15.9 Å². The Hall–Kier alpha value is -2.14. The second-order valence-electron chi connectivity index (χ2n) is 7.23. The van der Waals surface area contributed by atoms with Gasteiger partial charge in [-0.15, -0.1) is 0 Å². The zero-order valence-corrected chi connectivity index (χ0v) is 17.2. The average molecular weight is 416 g/mol. The first-order chi connectivity index (χ1) is 12.3. The molecule has 0 aliphatic carbocycles. The number of ether oxygens (including phenoxy) is 3. The van der Waals surface area contributed by atoms with Crippen LogP contribution in [0.4, 0.5) is 5.69 Å². The normalized spacial score (nSPS) is 22.0. The highest BCUT2D eigenvalue weighted by atomic mass is 79.9. The van der Waals surface area contributed by atoms with Crippen LogP contribution in [0, 0.1) is 0 Å². The Labute approximate surface area is 162 Å². The monoisotopic (exact) mass is 415 g/mol. The highest BCUT2D eigenvalue weighted by Gasteiger charge is 2.58. The molecule has 0 saturated carbocycles. The summed E-state index contributed by atoms with van der Waals surface area (Å²) >= 11 is 3.54. The minimum absolute atomic E-state index is 0.294. The molecule has 1 atom stereocenters. The lowest BCUT2D eigenvalue weighted by molar-refractivity contribution is 0.0551. The largest absolute Gasteiger partial charge is 0.497 e. The fraction of sp³-hybridized carbons (Fsp3) is 0.333. The fourth-order valence-corrected chi connectivity index (χ4v) is 4.56. The number of anilines is 1. The fourth-order valence-electron chi connectivity index (χ4n) is 4.11. The third-order valence-electron chi connectivity index (χ3n) is 5.65. The van der Waals surface area contributed by atoms with Gasteiger partial charge in [0, 0.05) is 22.8 Å². The molecule has 2 aliphatic rings. The van der Waals surface area contributed by atoms with Crippen LogP contribution in [-0.4, -0.2) is 27.0 Å². The van der Waals surface area contributed by atoms with Gasteiger partial charge in [0.25, 0.3) is 0 Å². The quantitative estimate of drug-likeness (QED) is 0.690. The number of rotatable bonds is 2. The van der Waals surface area contributed by atoms with Crippen LogP contribution in [-0.2, 0) is 5.41 Å². The number of fused-ring (bicyclic) bond motifs is 2. The standard InChI is InChI=1S/C21H22BrNO3/c1-20(2)16-12-15(24-4)6-7-17(16)23(3)21(20)9-8-13-10-14(22)11-18(25-5)19(13)26-21/h6-12H,1-5H3. The Morgan fingerprint density at radius 1 is 1.08 bits per heavy atom. The summed E-state index contributed by atoms with van der Waals surface area (Å²) in [6.07, 6.45) is 4.27. The Balaban J connectivity index is 1.89. The number of hydrogen-bond donors (Lipinski definition) is 0. The molecule has 2 aromatic carbocycles. The number of halogens is 1. The van der Waals surface area contributed by atoms with Gasteiger partial charge >= 0.3 is 0 Å². The molecule has 136 valence electrons. The zero-order chi connectivity index (χ0) is 18.7. The Bertz CT molecular complexity index is 922. The Morgan fingerprint density at radius 3 is 2.54 bits per heavy atom. The maximum absolute atomic E-state index is 6.69. The lowest BCUT2D eigenvalue weighted by atomic mass is 9.76. The highest BCUT2D eigenvalue weighted by molar-refractivity contribution is 9.10. The van der Waals surface area contributed by atoms with Gasteiger partial charge in [0.2, 0.25) is 5.72 Å². The lowest BCUT2D eigenvalue weighted by Crippen LogP contribution is -2.58. The summed E-state index contributed by atoms with van der Waals surface area (Å²) in [5.41, 5.74) is 2.40. The molecule has 5 heteroatoms. The summed E-state index contributed by atoms with van der Waals surface area (Å²) in [6, 6.07) is 10.2. The predicted molar refractivity (Wildman–Crippen MR) is 108 cm³/mol. The number of methoxy groups -OCH3 is 2. The van der Waals surface area contributed by atoms with Crippen LogP contribution < -0.4 is 19.1 Å². The van der Waals surface area contributed by atoms with Crippen LogP contribution in [0.3, 0.4) is 0 Å². The topological polar surface area (TPSA) is 30.9 Å². The third-order valence-corrected chi connectivity index (χ3v) is 6.10. The minimum Gasteiger partial charge on any atom is -0.497 e.